The molecular weight excluding hydrogens is 286 g/mol. The predicted octanol–water partition coefficient (Wildman–Crippen LogP) is 1.85. The Morgan fingerprint density at radius 2 is 2.00 bits per heavy atom. The van der Waals surface area contributed by atoms with Crippen molar-refractivity contribution in [2.75, 3.05) is 19.8 Å². The maximum Gasteiger partial charge on any atom is 0.234 e. The van der Waals surface area contributed by atoms with Gasteiger partial charge in [0.05, 0.1) is 0 Å². The highest BCUT2D eigenvalue weighted by Gasteiger charge is 2.38. The van der Waals surface area contributed by atoms with Crippen molar-refractivity contribution in [1.82, 2.24) is 19.8 Å². The lowest BCUT2D eigenvalue weighted by Gasteiger charge is -2.23. The van der Waals surface area contributed by atoms with Gasteiger partial charge in [-0.25, -0.2) is 0 Å². The monoisotopic (exact) mass is 307 g/mol. The van der Waals surface area contributed by atoms with Crippen molar-refractivity contribution in [1.29, 1.82) is 0 Å². The summed E-state index contributed by atoms with van der Waals surface area (Å²) in [5.41, 5.74) is 6.16. The van der Waals surface area contributed by atoms with Crippen LogP contribution in [0.3, 0.4) is 0 Å². The third kappa shape index (κ3) is 2.18. The van der Waals surface area contributed by atoms with E-state index in [4.69, 9.17) is 15.6 Å². The van der Waals surface area contributed by atoms with E-state index < -0.39 is 0 Å². The molecule has 1 saturated carbocycles. The van der Waals surface area contributed by atoms with Gasteiger partial charge < -0.3 is 10.5 Å². The fourth-order valence-electron chi connectivity index (χ4n) is 3.61. The molecule has 0 bridgehead atoms. The van der Waals surface area contributed by atoms with E-state index in [9.17, 15) is 0 Å². The second-order valence-electron chi connectivity index (χ2n) is 6.24. The van der Waals surface area contributed by atoms with Crippen LogP contribution in [0.1, 0.15) is 55.3 Å². The standard InChI is InChI=1S/C14H21N5OS/c15-9-14(5-1-2-6-14)12-18-19-11(16-17-13(19)21-12)10-3-7-20-8-4-10/h10H,1-9,15H2. The predicted molar refractivity (Wildman–Crippen MR) is 80.7 cm³/mol. The summed E-state index contributed by atoms with van der Waals surface area (Å²) in [4.78, 5) is 0.909. The smallest absolute Gasteiger partial charge is 0.234 e. The maximum absolute atomic E-state index is 6.08. The summed E-state index contributed by atoms with van der Waals surface area (Å²) in [5.74, 6) is 1.42. The average Bonchev–Trinajstić information content (AvgIpc) is 3.23. The second kappa shape index (κ2) is 5.30. The van der Waals surface area contributed by atoms with E-state index in [1.54, 1.807) is 11.3 Å². The SMILES string of the molecule is NCC1(c2nn3c(C4CCOCC4)nnc3s2)CCCC1. The Labute approximate surface area is 127 Å². The molecule has 6 nitrogen and oxygen atoms in total. The van der Waals surface area contributed by atoms with Crippen molar-refractivity contribution in [2.45, 2.75) is 49.9 Å². The topological polar surface area (TPSA) is 78.3 Å². The van der Waals surface area contributed by atoms with Crippen LogP contribution in [0.5, 0.6) is 0 Å². The molecule has 1 aliphatic heterocycles. The highest BCUT2D eigenvalue weighted by Crippen LogP contribution is 2.42. The molecule has 2 fully saturated rings. The van der Waals surface area contributed by atoms with E-state index in [2.05, 4.69) is 10.2 Å². The summed E-state index contributed by atoms with van der Waals surface area (Å²) in [5, 5.41) is 14.7. The summed E-state index contributed by atoms with van der Waals surface area (Å²) in [6.45, 7) is 2.30. The summed E-state index contributed by atoms with van der Waals surface area (Å²) >= 11 is 1.67. The lowest BCUT2D eigenvalue weighted by molar-refractivity contribution is 0.0831. The molecule has 2 N–H and O–H groups in total. The van der Waals surface area contributed by atoms with Crippen LogP contribution >= 0.6 is 11.3 Å². The molecule has 2 aromatic rings. The second-order valence-corrected chi connectivity index (χ2v) is 7.19. The Hall–Kier alpha value is -1.05. The Morgan fingerprint density at radius 1 is 1.24 bits per heavy atom. The van der Waals surface area contributed by atoms with Crippen molar-refractivity contribution >= 4 is 16.3 Å². The van der Waals surface area contributed by atoms with Gasteiger partial charge in [0.1, 0.15) is 5.01 Å². The van der Waals surface area contributed by atoms with E-state index in [1.807, 2.05) is 4.52 Å². The molecule has 7 heteroatoms. The molecule has 21 heavy (non-hydrogen) atoms. The summed E-state index contributed by atoms with van der Waals surface area (Å²) in [6, 6.07) is 0. The van der Waals surface area contributed by atoms with E-state index in [0.29, 0.717) is 12.5 Å². The molecule has 0 unspecified atom stereocenters. The average molecular weight is 307 g/mol. The van der Waals surface area contributed by atoms with Gasteiger partial charge in [0.25, 0.3) is 0 Å². The Bertz CT molecular complexity index is 624. The lowest BCUT2D eigenvalue weighted by Crippen LogP contribution is -2.32. The van der Waals surface area contributed by atoms with Gasteiger partial charge in [-0.05, 0) is 25.7 Å². The largest absolute Gasteiger partial charge is 0.381 e. The first-order valence-electron chi connectivity index (χ1n) is 7.83. The van der Waals surface area contributed by atoms with Crippen LogP contribution in [0, 0.1) is 0 Å². The summed E-state index contributed by atoms with van der Waals surface area (Å²) in [7, 11) is 0. The van der Waals surface area contributed by atoms with Crippen LogP contribution in [0.2, 0.25) is 0 Å². The number of rotatable bonds is 3. The highest BCUT2D eigenvalue weighted by atomic mass is 32.1. The van der Waals surface area contributed by atoms with E-state index >= 15 is 0 Å². The van der Waals surface area contributed by atoms with Crippen LogP contribution in [0.15, 0.2) is 0 Å². The summed E-state index contributed by atoms with van der Waals surface area (Å²) in [6.07, 6.45) is 6.83. The fourth-order valence-corrected chi connectivity index (χ4v) is 4.72. The number of fused-ring (bicyclic) bond motifs is 1. The molecular formula is C14H21N5OS. The minimum absolute atomic E-state index is 0.0817. The molecule has 2 aromatic heterocycles. The quantitative estimate of drug-likeness (QED) is 0.936. The Kier molecular flexibility index (Phi) is 3.43. The zero-order valence-electron chi connectivity index (χ0n) is 12.1. The van der Waals surface area contributed by atoms with Gasteiger partial charge in [-0.2, -0.15) is 9.61 Å². The number of nitrogens with two attached hydrogens (primary N) is 1. The van der Waals surface area contributed by atoms with Crippen molar-refractivity contribution in [2.24, 2.45) is 5.73 Å². The number of hydrogen-bond donors (Lipinski definition) is 1. The van der Waals surface area contributed by atoms with Gasteiger partial charge in [-0.3, -0.25) is 0 Å². The number of ether oxygens (including phenoxy) is 1. The lowest BCUT2D eigenvalue weighted by atomic mass is 9.87. The third-order valence-corrected chi connectivity index (χ3v) is 6.15. The van der Waals surface area contributed by atoms with Gasteiger partial charge in [-0.15, -0.1) is 10.2 Å². The first-order chi connectivity index (χ1) is 10.3. The van der Waals surface area contributed by atoms with Crippen molar-refractivity contribution in [3.8, 4) is 0 Å². The fraction of sp³-hybridized carbons (Fsp3) is 0.786. The maximum atomic E-state index is 6.08. The third-order valence-electron chi connectivity index (χ3n) is 5.01. The van der Waals surface area contributed by atoms with E-state index in [0.717, 1.165) is 54.7 Å². The molecule has 114 valence electrons. The zero-order valence-corrected chi connectivity index (χ0v) is 12.9. The first kappa shape index (κ1) is 13.6. The molecule has 1 saturated heterocycles. The molecule has 1 aliphatic carbocycles. The first-order valence-corrected chi connectivity index (χ1v) is 8.64. The van der Waals surface area contributed by atoms with Crippen LogP contribution in [-0.2, 0) is 10.2 Å². The molecule has 0 atom stereocenters. The van der Waals surface area contributed by atoms with Gasteiger partial charge in [0.15, 0.2) is 5.82 Å². The van der Waals surface area contributed by atoms with E-state index in [1.165, 1.54) is 12.8 Å². The number of nitrogens with zero attached hydrogens (tertiary/aromatic N) is 4. The number of aromatic nitrogens is 4. The normalized spacial score (nSPS) is 23.1. The molecule has 0 amide bonds. The molecule has 4 rings (SSSR count). The Balaban J connectivity index is 1.71. The minimum atomic E-state index is 0.0817. The minimum Gasteiger partial charge on any atom is -0.381 e. The van der Waals surface area contributed by atoms with Crippen LogP contribution < -0.4 is 5.73 Å². The number of hydrogen-bond acceptors (Lipinski definition) is 6. The van der Waals surface area contributed by atoms with Crippen LogP contribution in [0.25, 0.3) is 4.96 Å². The van der Waals surface area contributed by atoms with Crippen molar-refractivity contribution in [3.05, 3.63) is 10.8 Å². The van der Waals surface area contributed by atoms with Crippen LogP contribution in [0.4, 0.5) is 0 Å². The molecule has 0 aromatic carbocycles. The molecule has 2 aliphatic rings. The van der Waals surface area contributed by atoms with Crippen molar-refractivity contribution in [3.63, 3.8) is 0 Å². The zero-order chi connectivity index (χ0) is 14.3. The van der Waals surface area contributed by atoms with Gasteiger partial charge >= 0.3 is 0 Å². The molecule has 3 heterocycles. The van der Waals surface area contributed by atoms with Gasteiger partial charge in [-0.1, -0.05) is 24.2 Å². The van der Waals surface area contributed by atoms with Crippen molar-refractivity contribution < 1.29 is 4.74 Å². The van der Waals surface area contributed by atoms with Gasteiger partial charge in [0, 0.05) is 31.1 Å². The van der Waals surface area contributed by atoms with Crippen LogP contribution in [-0.4, -0.2) is 39.6 Å². The molecule has 0 radical (unpaired) electrons. The Morgan fingerprint density at radius 3 is 2.71 bits per heavy atom. The van der Waals surface area contributed by atoms with Gasteiger partial charge in [0.2, 0.25) is 4.96 Å². The highest BCUT2D eigenvalue weighted by molar-refractivity contribution is 7.16. The molecule has 0 spiro atoms. The summed E-state index contributed by atoms with van der Waals surface area (Å²) < 4.78 is 7.40. The van der Waals surface area contributed by atoms with E-state index in [-0.39, 0.29) is 5.41 Å².